The van der Waals surface area contributed by atoms with E-state index in [1.165, 1.54) is 19.2 Å². The van der Waals surface area contributed by atoms with Crippen molar-refractivity contribution in [3.05, 3.63) is 86.0 Å². The average Bonchev–Trinajstić information content (AvgIpc) is 3.28. The fourth-order valence-corrected chi connectivity index (χ4v) is 5.76. The second-order valence-corrected chi connectivity index (χ2v) is 8.29. The Kier molecular flexibility index (Phi) is 5.01. The van der Waals surface area contributed by atoms with Crippen LogP contribution in [0.4, 0.5) is 5.69 Å². The number of nitro benzene ring substituents is 1. The van der Waals surface area contributed by atoms with Gasteiger partial charge in [0.2, 0.25) is 5.54 Å². The summed E-state index contributed by atoms with van der Waals surface area (Å²) >= 11 is 0. The molecule has 4 atom stereocenters. The lowest BCUT2D eigenvalue weighted by molar-refractivity contribution is -0.573. The lowest BCUT2D eigenvalue weighted by atomic mass is 9.69. The number of hydrogen-bond donors (Lipinski definition) is 0. The zero-order chi connectivity index (χ0) is 22.4. The molecule has 2 aromatic rings. The van der Waals surface area contributed by atoms with Crippen LogP contribution < -0.4 is 0 Å². The van der Waals surface area contributed by atoms with E-state index in [0.717, 1.165) is 0 Å². The Balaban J connectivity index is 1.98. The Morgan fingerprint density at radius 1 is 1.06 bits per heavy atom. The summed E-state index contributed by atoms with van der Waals surface area (Å²) in [6.45, 7) is 2.06. The van der Waals surface area contributed by atoms with Gasteiger partial charge in [-0.2, -0.15) is 0 Å². The normalized spacial score (nSPS) is 30.0. The van der Waals surface area contributed by atoms with Gasteiger partial charge >= 0.3 is 5.97 Å². The summed E-state index contributed by atoms with van der Waals surface area (Å²) in [5, 5.41) is 23.8. The first-order chi connectivity index (χ1) is 14.8. The van der Waals surface area contributed by atoms with Crippen molar-refractivity contribution in [2.75, 3.05) is 13.7 Å². The van der Waals surface area contributed by atoms with E-state index in [2.05, 4.69) is 0 Å². The van der Waals surface area contributed by atoms with Crippen LogP contribution in [-0.4, -0.2) is 45.4 Å². The number of methoxy groups -OCH3 is 1. The molecule has 2 aromatic carbocycles. The quantitative estimate of drug-likeness (QED) is 0.409. The standard InChI is InChI=1S/C22H23N3O6/c1-21(25(29)30)18(15-7-4-3-5-8-15)22(20(26)31-2)13-6-14-23(22)19(21)16-9-11-17(12-10-16)24(27)28/h3-5,7-12,18-19H,6,13-14H2,1-2H3/t18-,19-,21-,22+/m0/s1. The van der Waals surface area contributed by atoms with E-state index in [4.69, 9.17) is 4.74 Å². The van der Waals surface area contributed by atoms with Crippen molar-refractivity contribution in [2.24, 2.45) is 0 Å². The number of hydrogen-bond acceptors (Lipinski definition) is 7. The predicted molar refractivity (Wildman–Crippen MR) is 111 cm³/mol. The molecule has 0 unspecified atom stereocenters. The monoisotopic (exact) mass is 425 g/mol. The second kappa shape index (κ2) is 7.42. The fourth-order valence-electron chi connectivity index (χ4n) is 5.76. The van der Waals surface area contributed by atoms with Gasteiger partial charge in [0.05, 0.1) is 18.0 Å². The van der Waals surface area contributed by atoms with Gasteiger partial charge in [-0.25, -0.2) is 0 Å². The van der Waals surface area contributed by atoms with E-state index in [0.29, 0.717) is 30.5 Å². The summed E-state index contributed by atoms with van der Waals surface area (Å²) in [5.41, 5.74) is -1.58. The van der Waals surface area contributed by atoms with Gasteiger partial charge in [0, 0.05) is 30.5 Å². The SMILES string of the molecule is COC(=O)[C@]12CCCN1[C@@H](c1ccc([N+](=O)[O-])cc1)[C@@](C)([N+](=O)[O-])[C@@H]2c1ccccc1. The molecule has 0 saturated carbocycles. The molecule has 2 aliphatic heterocycles. The molecule has 9 nitrogen and oxygen atoms in total. The smallest absolute Gasteiger partial charge is 0.327 e. The van der Waals surface area contributed by atoms with Crippen molar-refractivity contribution in [1.82, 2.24) is 4.90 Å². The van der Waals surface area contributed by atoms with Crippen LogP contribution in [-0.2, 0) is 9.53 Å². The molecule has 4 rings (SSSR count). The van der Waals surface area contributed by atoms with E-state index in [9.17, 15) is 25.0 Å². The minimum Gasteiger partial charge on any atom is -0.468 e. The molecule has 2 heterocycles. The van der Waals surface area contributed by atoms with Crippen LogP contribution in [0.3, 0.4) is 0 Å². The number of carbonyl (C=O) groups excluding carboxylic acids is 1. The van der Waals surface area contributed by atoms with E-state index in [1.54, 1.807) is 31.2 Å². The predicted octanol–water partition coefficient (Wildman–Crippen LogP) is 3.48. The molecular weight excluding hydrogens is 402 g/mol. The molecule has 2 fully saturated rings. The number of non-ortho nitro benzene ring substituents is 1. The highest BCUT2D eigenvalue weighted by molar-refractivity contribution is 5.84. The van der Waals surface area contributed by atoms with E-state index >= 15 is 0 Å². The van der Waals surface area contributed by atoms with Crippen LogP contribution in [0.1, 0.15) is 42.9 Å². The van der Waals surface area contributed by atoms with Crippen LogP contribution in [0.5, 0.6) is 0 Å². The number of esters is 1. The van der Waals surface area contributed by atoms with Crippen LogP contribution in [0, 0.1) is 20.2 Å². The lowest BCUT2D eigenvalue weighted by Gasteiger charge is -2.35. The van der Waals surface area contributed by atoms with Crippen molar-refractivity contribution < 1.29 is 19.4 Å². The zero-order valence-corrected chi connectivity index (χ0v) is 17.3. The average molecular weight is 425 g/mol. The highest BCUT2D eigenvalue weighted by atomic mass is 16.6. The summed E-state index contributed by atoms with van der Waals surface area (Å²) in [7, 11) is 1.30. The van der Waals surface area contributed by atoms with Crippen molar-refractivity contribution >= 4 is 11.7 Å². The Labute approximate surface area is 178 Å². The highest BCUT2D eigenvalue weighted by Gasteiger charge is 2.76. The van der Waals surface area contributed by atoms with Gasteiger partial charge in [-0.15, -0.1) is 0 Å². The van der Waals surface area contributed by atoms with Crippen molar-refractivity contribution in [2.45, 2.75) is 42.8 Å². The number of nitro groups is 2. The minimum atomic E-state index is -1.56. The maximum atomic E-state index is 13.3. The molecule has 2 saturated heterocycles. The maximum absolute atomic E-state index is 13.3. The van der Waals surface area contributed by atoms with Crippen LogP contribution >= 0.6 is 0 Å². The molecule has 31 heavy (non-hydrogen) atoms. The summed E-state index contributed by atoms with van der Waals surface area (Å²) in [5.74, 6) is -1.25. The molecular formula is C22H23N3O6. The first-order valence-corrected chi connectivity index (χ1v) is 10.1. The van der Waals surface area contributed by atoms with Gasteiger partial charge < -0.3 is 4.74 Å². The fraction of sp³-hybridized carbons (Fsp3) is 0.409. The number of fused-ring (bicyclic) bond motifs is 1. The molecule has 0 bridgehead atoms. The third-order valence-corrected chi connectivity index (χ3v) is 6.88. The molecule has 0 aliphatic carbocycles. The van der Waals surface area contributed by atoms with Gasteiger partial charge in [0.15, 0.2) is 0 Å². The number of ether oxygens (including phenoxy) is 1. The van der Waals surface area contributed by atoms with Crippen molar-refractivity contribution in [3.63, 3.8) is 0 Å². The molecule has 9 heteroatoms. The largest absolute Gasteiger partial charge is 0.468 e. The molecule has 0 radical (unpaired) electrons. The maximum Gasteiger partial charge on any atom is 0.327 e. The minimum absolute atomic E-state index is 0.0928. The molecule has 0 amide bonds. The molecule has 0 spiro atoms. The summed E-state index contributed by atoms with van der Waals surface area (Å²) < 4.78 is 5.21. The number of carbonyl (C=O) groups is 1. The summed E-state index contributed by atoms with van der Waals surface area (Å²) in [4.78, 5) is 38.1. The summed E-state index contributed by atoms with van der Waals surface area (Å²) in [6.07, 6.45) is 1.13. The third kappa shape index (κ3) is 2.83. The topological polar surface area (TPSA) is 116 Å². The zero-order valence-electron chi connectivity index (χ0n) is 17.3. The highest BCUT2D eigenvalue weighted by Crippen LogP contribution is 2.62. The first kappa shape index (κ1) is 20.9. The number of nitrogens with zero attached hydrogens (tertiary/aromatic N) is 3. The van der Waals surface area contributed by atoms with Crippen molar-refractivity contribution in [3.8, 4) is 0 Å². The second-order valence-electron chi connectivity index (χ2n) is 8.29. The van der Waals surface area contributed by atoms with Crippen LogP contribution in [0.15, 0.2) is 54.6 Å². The molecule has 162 valence electrons. The lowest BCUT2D eigenvalue weighted by Crippen LogP contribution is -2.52. The van der Waals surface area contributed by atoms with Gasteiger partial charge in [0.25, 0.3) is 5.69 Å². The van der Waals surface area contributed by atoms with E-state index in [-0.39, 0.29) is 10.6 Å². The number of benzene rings is 2. The van der Waals surface area contributed by atoms with Gasteiger partial charge in [-0.1, -0.05) is 42.5 Å². The van der Waals surface area contributed by atoms with E-state index in [1.807, 2.05) is 23.1 Å². The molecule has 2 aliphatic rings. The number of rotatable bonds is 5. The van der Waals surface area contributed by atoms with Crippen LogP contribution in [0.2, 0.25) is 0 Å². The Morgan fingerprint density at radius 2 is 1.71 bits per heavy atom. The molecule has 0 N–H and O–H groups in total. The van der Waals surface area contributed by atoms with Gasteiger partial charge in [-0.3, -0.25) is 29.9 Å². The first-order valence-electron chi connectivity index (χ1n) is 10.1. The third-order valence-electron chi connectivity index (χ3n) is 6.88. The van der Waals surface area contributed by atoms with Crippen molar-refractivity contribution in [1.29, 1.82) is 0 Å². The van der Waals surface area contributed by atoms with Crippen LogP contribution in [0.25, 0.3) is 0 Å². The van der Waals surface area contributed by atoms with Gasteiger partial charge in [0.1, 0.15) is 11.6 Å². The Morgan fingerprint density at radius 3 is 2.26 bits per heavy atom. The molecule has 0 aromatic heterocycles. The Hall–Kier alpha value is -3.33. The Bertz CT molecular complexity index is 1030. The van der Waals surface area contributed by atoms with E-state index < -0.39 is 33.9 Å². The summed E-state index contributed by atoms with van der Waals surface area (Å²) in [6, 6.07) is 14.1. The van der Waals surface area contributed by atoms with Gasteiger partial charge in [-0.05, 0) is 24.0 Å².